The highest BCUT2D eigenvalue weighted by Gasteiger charge is 2.23. The Morgan fingerprint density at radius 1 is 1.57 bits per heavy atom. The Kier molecular flexibility index (Phi) is 4.01. The topological polar surface area (TPSA) is 82.2 Å². The number of amides is 1. The Morgan fingerprint density at radius 2 is 2.48 bits per heavy atom. The van der Waals surface area contributed by atoms with E-state index >= 15 is 0 Å². The Hall–Kier alpha value is -2.15. The van der Waals surface area contributed by atoms with Crippen LogP contribution < -0.4 is 5.32 Å². The van der Waals surface area contributed by atoms with Crippen molar-refractivity contribution >= 4 is 5.91 Å². The highest BCUT2D eigenvalue weighted by molar-refractivity contribution is 5.92. The number of aryl methyl sites for hydroxylation is 1. The first-order valence-corrected chi connectivity index (χ1v) is 7.07. The number of ether oxygens (including phenoxy) is 1. The first-order chi connectivity index (χ1) is 10.2. The van der Waals surface area contributed by atoms with E-state index in [0.717, 1.165) is 19.4 Å². The molecule has 1 aliphatic heterocycles. The lowest BCUT2D eigenvalue weighted by molar-refractivity contribution is 0.0835. The Bertz CT molecular complexity index is 613. The van der Waals surface area contributed by atoms with Gasteiger partial charge in [0, 0.05) is 32.8 Å². The average molecular weight is 290 g/mol. The zero-order valence-electron chi connectivity index (χ0n) is 11.9. The van der Waals surface area contributed by atoms with E-state index < -0.39 is 0 Å². The van der Waals surface area contributed by atoms with Crippen LogP contribution in [0.3, 0.4) is 0 Å². The van der Waals surface area contributed by atoms with Gasteiger partial charge in [0.1, 0.15) is 11.8 Å². The molecule has 0 aliphatic carbocycles. The normalized spacial score (nSPS) is 18.0. The molecule has 1 fully saturated rings. The number of carbonyl (C=O) groups excluding carboxylic acids is 1. The molecule has 2 aromatic rings. The second-order valence-corrected chi connectivity index (χ2v) is 5.06. The molecule has 1 saturated heterocycles. The van der Waals surface area contributed by atoms with Crippen LogP contribution in [0.5, 0.6) is 0 Å². The monoisotopic (exact) mass is 290 g/mol. The number of nitrogens with zero attached hydrogens (tertiary/aromatic N) is 3. The summed E-state index contributed by atoms with van der Waals surface area (Å²) in [6, 6.07) is 3.61. The fraction of sp³-hybridized carbons (Fsp3) is 0.500. The molecule has 1 N–H and O–H groups in total. The number of nitrogens with one attached hydrogen (secondary N) is 1. The molecule has 2 aromatic heterocycles. The van der Waals surface area contributed by atoms with E-state index in [1.807, 2.05) is 19.3 Å². The van der Waals surface area contributed by atoms with E-state index in [1.165, 1.54) is 0 Å². The van der Waals surface area contributed by atoms with Crippen molar-refractivity contribution in [3.05, 3.63) is 35.7 Å². The molecule has 3 rings (SSSR count). The van der Waals surface area contributed by atoms with E-state index in [2.05, 4.69) is 15.5 Å². The molecule has 21 heavy (non-hydrogen) atoms. The van der Waals surface area contributed by atoms with Gasteiger partial charge in [-0.3, -0.25) is 4.79 Å². The summed E-state index contributed by atoms with van der Waals surface area (Å²) in [7, 11) is 1.84. The Labute approximate surface area is 122 Å². The molecule has 112 valence electrons. The Morgan fingerprint density at radius 3 is 3.19 bits per heavy atom. The van der Waals surface area contributed by atoms with Crippen LogP contribution in [-0.2, 0) is 18.2 Å². The second kappa shape index (κ2) is 6.09. The van der Waals surface area contributed by atoms with Gasteiger partial charge in [-0.1, -0.05) is 5.16 Å². The summed E-state index contributed by atoms with van der Waals surface area (Å²) >= 11 is 0. The molecule has 1 aliphatic rings. The minimum absolute atomic E-state index is 0.0655. The summed E-state index contributed by atoms with van der Waals surface area (Å²) in [5.41, 5.74) is 0.628. The van der Waals surface area contributed by atoms with Gasteiger partial charge in [0.25, 0.3) is 11.8 Å². The van der Waals surface area contributed by atoms with Crippen LogP contribution in [0.4, 0.5) is 0 Å². The van der Waals surface area contributed by atoms with Crippen LogP contribution in [-0.4, -0.2) is 33.8 Å². The van der Waals surface area contributed by atoms with Crippen molar-refractivity contribution < 1.29 is 14.1 Å². The molecule has 0 bridgehead atoms. The maximum absolute atomic E-state index is 11.9. The highest BCUT2D eigenvalue weighted by atomic mass is 16.5. The van der Waals surface area contributed by atoms with Gasteiger partial charge in [0.05, 0.1) is 0 Å². The van der Waals surface area contributed by atoms with Gasteiger partial charge in [0.15, 0.2) is 5.82 Å². The van der Waals surface area contributed by atoms with E-state index in [4.69, 9.17) is 9.26 Å². The molecule has 3 heterocycles. The maximum atomic E-state index is 11.9. The number of carbonyl (C=O) groups is 1. The minimum atomic E-state index is -0.106. The molecule has 0 saturated carbocycles. The first-order valence-electron chi connectivity index (χ1n) is 7.07. The van der Waals surface area contributed by atoms with Crippen LogP contribution in [0, 0.1) is 0 Å². The summed E-state index contributed by atoms with van der Waals surface area (Å²) in [5.74, 6) is 1.02. The van der Waals surface area contributed by atoms with Gasteiger partial charge in [-0.15, -0.1) is 0 Å². The van der Waals surface area contributed by atoms with E-state index in [9.17, 15) is 4.79 Å². The van der Waals surface area contributed by atoms with Gasteiger partial charge >= 0.3 is 0 Å². The molecular formula is C14H18N4O3. The lowest BCUT2D eigenvalue weighted by atomic mass is 10.2. The summed E-state index contributed by atoms with van der Waals surface area (Å²) in [5, 5.41) is 6.76. The third kappa shape index (κ3) is 3.13. The van der Waals surface area contributed by atoms with Crippen LogP contribution >= 0.6 is 0 Å². The van der Waals surface area contributed by atoms with Crippen LogP contribution in [0.25, 0.3) is 0 Å². The fourth-order valence-electron chi connectivity index (χ4n) is 2.35. The largest absolute Gasteiger partial charge is 0.368 e. The number of aromatic nitrogens is 3. The summed E-state index contributed by atoms with van der Waals surface area (Å²) < 4.78 is 12.5. The average Bonchev–Trinajstić information content (AvgIpc) is 3.19. The molecule has 1 amide bonds. The molecule has 0 spiro atoms. The third-order valence-electron chi connectivity index (χ3n) is 3.50. The SMILES string of the molecule is Cn1cccc1C(=O)NCCc1noc(C2CCCO2)n1. The van der Waals surface area contributed by atoms with Gasteiger partial charge in [-0.05, 0) is 25.0 Å². The number of hydrogen-bond acceptors (Lipinski definition) is 5. The van der Waals surface area contributed by atoms with Gasteiger partial charge in [-0.25, -0.2) is 0 Å². The molecule has 1 atom stereocenters. The third-order valence-corrected chi connectivity index (χ3v) is 3.50. The zero-order valence-corrected chi connectivity index (χ0v) is 11.9. The van der Waals surface area contributed by atoms with E-state index in [-0.39, 0.29) is 12.0 Å². The second-order valence-electron chi connectivity index (χ2n) is 5.06. The maximum Gasteiger partial charge on any atom is 0.267 e. The number of hydrogen-bond donors (Lipinski definition) is 1. The molecule has 7 nitrogen and oxygen atoms in total. The van der Waals surface area contributed by atoms with E-state index in [1.54, 1.807) is 10.6 Å². The fourth-order valence-corrected chi connectivity index (χ4v) is 2.35. The lowest BCUT2D eigenvalue weighted by Crippen LogP contribution is -2.27. The van der Waals surface area contributed by atoms with Gasteiger partial charge < -0.3 is 19.1 Å². The zero-order chi connectivity index (χ0) is 14.7. The molecular weight excluding hydrogens is 272 g/mol. The van der Waals surface area contributed by atoms with Crippen molar-refractivity contribution in [1.29, 1.82) is 0 Å². The minimum Gasteiger partial charge on any atom is -0.368 e. The predicted octanol–water partition coefficient (Wildman–Crippen LogP) is 1.23. The van der Waals surface area contributed by atoms with Crippen LogP contribution in [0.15, 0.2) is 22.9 Å². The summed E-state index contributed by atoms with van der Waals surface area (Å²) in [6.45, 7) is 1.21. The van der Waals surface area contributed by atoms with Crippen LogP contribution in [0.1, 0.15) is 41.1 Å². The lowest BCUT2D eigenvalue weighted by Gasteiger charge is -2.04. The molecule has 0 aromatic carbocycles. The van der Waals surface area contributed by atoms with Crippen molar-refractivity contribution in [1.82, 2.24) is 20.0 Å². The smallest absolute Gasteiger partial charge is 0.267 e. The van der Waals surface area contributed by atoms with Gasteiger partial charge in [0.2, 0.25) is 0 Å². The molecule has 1 unspecified atom stereocenters. The molecule has 0 radical (unpaired) electrons. The Balaban J connectivity index is 1.49. The predicted molar refractivity (Wildman–Crippen MR) is 73.7 cm³/mol. The molecule has 7 heteroatoms. The highest BCUT2D eigenvalue weighted by Crippen LogP contribution is 2.26. The summed E-state index contributed by atoms with van der Waals surface area (Å²) in [4.78, 5) is 16.2. The van der Waals surface area contributed by atoms with Crippen LogP contribution in [0.2, 0.25) is 0 Å². The summed E-state index contributed by atoms with van der Waals surface area (Å²) in [6.07, 6.45) is 4.25. The van der Waals surface area contributed by atoms with Crippen molar-refractivity contribution in [2.45, 2.75) is 25.4 Å². The van der Waals surface area contributed by atoms with E-state index in [0.29, 0.717) is 30.4 Å². The first kappa shape index (κ1) is 13.8. The van der Waals surface area contributed by atoms with Crippen molar-refractivity contribution in [3.8, 4) is 0 Å². The quantitative estimate of drug-likeness (QED) is 0.895. The number of rotatable bonds is 5. The van der Waals surface area contributed by atoms with Gasteiger partial charge in [-0.2, -0.15) is 4.98 Å². The standard InChI is InChI=1S/C14H18N4O3/c1-18-8-2-4-10(18)13(19)15-7-6-12-16-14(21-17-12)11-5-3-9-20-11/h2,4,8,11H,3,5-7,9H2,1H3,(H,15,19). The van der Waals surface area contributed by atoms with Crippen molar-refractivity contribution in [3.63, 3.8) is 0 Å². The van der Waals surface area contributed by atoms with Crippen molar-refractivity contribution in [2.24, 2.45) is 7.05 Å². The van der Waals surface area contributed by atoms with Crippen molar-refractivity contribution in [2.75, 3.05) is 13.2 Å².